The van der Waals surface area contributed by atoms with Gasteiger partial charge in [0.05, 0.1) is 22.4 Å². The number of para-hydroxylation sites is 2. The molecule has 1 heterocycles. The molecule has 0 aliphatic rings. The molecule has 3 aromatic rings. The maximum atomic E-state index is 12.2. The Morgan fingerprint density at radius 2 is 1.96 bits per heavy atom. The zero-order valence-corrected chi connectivity index (χ0v) is 13.1. The second-order valence-corrected chi connectivity index (χ2v) is 5.31. The van der Waals surface area contributed by atoms with Crippen molar-refractivity contribution in [2.24, 2.45) is 0 Å². The monoisotopic (exact) mass is 337 g/mol. The van der Waals surface area contributed by atoms with Gasteiger partial charge in [-0.25, -0.2) is 4.68 Å². The molecule has 25 heavy (non-hydrogen) atoms. The smallest absolute Gasteiger partial charge is 0.292 e. The fraction of sp³-hybridized carbons (Fsp3) is 0.0588. The van der Waals surface area contributed by atoms with Crippen LogP contribution in [0.3, 0.4) is 0 Å². The van der Waals surface area contributed by atoms with E-state index in [2.05, 4.69) is 10.4 Å². The van der Waals surface area contributed by atoms with Crippen molar-refractivity contribution in [1.29, 1.82) is 0 Å². The molecular formula is C17H15N5O3. The van der Waals surface area contributed by atoms with Gasteiger partial charge >= 0.3 is 0 Å². The summed E-state index contributed by atoms with van der Waals surface area (Å²) < 4.78 is 1.70. The van der Waals surface area contributed by atoms with Crippen LogP contribution in [0.25, 0.3) is 5.69 Å². The van der Waals surface area contributed by atoms with Crippen molar-refractivity contribution in [3.05, 3.63) is 82.2 Å². The van der Waals surface area contributed by atoms with Gasteiger partial charge in [0.1, 0.15) is 5.69 Å². The summed E-state index contributed by atoms with van der Waals surface area (Å²) in [6.45, 7) is 0.230. The third-order valence-corrected chi connectivity index (χ3v) is 3.63. The summed E-state index contributed by atoms with van der Waals surface area (Å²) in [5.74, 6) is -0.478. The topological polar surface area (TPSA) is 116 Å². The Bertz CT molecular complexity index is 921. The van der Waals surface area contributed by atoms with Crippen LogP contribution in [-0.4, -0.2) is 20.6 Å². The van der Waals surface area contributed by atoms with E-state index in [-0.39, 0.29) is 23.5 Å². The minimum atomic E-state index is -0.615. The molecule has 8 heteroatoms. The number of hydrogen-bond acceptors (Lipinski definition) is 5. The van der Waals surface area contributed by atoms with E-state index < -0.39 is 10.8 Å². The van der Waals surface area contributed by atoms with Gasteiger partial charge in [-0.15, -0.1) is 0 Å². The highest BCUT2D eigenvalue weighted by Gasteiger charge is 2.18. The molecule has 0 aliphatic carbocycles. The number of aromatic nitrogens is 2. The maximum absolute atomic E-state index is 12.2. The highest BCUT2D eigenvalue weighted by atomic mass is 16.6. The number of benzene rings is 2. The Kier molecular flexibility index (Phi) is 4.42. The van der Waals surface area contributed by atoms with Gasteiger partial charge in [-0.1, -0.05) is 24.3 Å². The van der Waals surface area contributed by atoms with Crippen LogP contribution in [0.2, 0.25) is 0 Å². The molecule has 0 fully saturated rings. The lowest BCUT2D eigenvalue weighted by atomic mass is 10.1. The molecule has 8 nitrogen and oxygen atoms in total. The van der Waals surface area contributed by atoms with Crippen LogP contribution in [-0.2, 0) is 6.54 Å². The predicted octanol–water partition coefficient (Wildman–Crippen LogP) is 2.29. The molecule has 3 rings (SSSR count). The van der Waals surface area contributed by atoms with Crippen molar-refractivity contribution in [3.8, 4) is 5.69 Å². The Hall–Kier alpha value is -3.68. The maximum Gasteiger partial charge on any atom is 0.292 e. The molecule has 0 spiro atoms. The standard InChI is InChI=1S/C17H15N5O3/c18-16-14(7-4-8-15(16)22(24)25)17(23)19-9-12-10-20-21(11-12)13-5-2-1-3-6-13/h1-8,10-11H,9,18H2,(H,19,23). The van der Waals surface area contributed by atoms with E-state index >= 15 is 0 Å². The van der Waals surface area contributed by atoms with Crippen molar-refractivity contribution in [2.75, 3.05) is 5.73 Å². The number of amides is 1. The third kappa shape index (κ3) is 3.47. The highest BCUT2D eigenvalue weighted by Crippen LogP contribution is 2.24. The van der Waals surface area contributed by atoms with Crippen LogP contribution in [0.5, 0.6) is 0 Å². The molecular weight excluding hydrogens is 322 g/mol. The largest absolute Gasteiger partial charge is 0.393 e. The van der Waals surface area contributed by atoms with Gasteiger partial charge in [0.2, 0.25) is 0 Å². The summed E-state index contributed by atoms with van der Waals surface area (Å²) in [4.78, 5) is 22.5. The Balaban J connectivity index is 1.70. The Morgan fingerprint density at radius 1 is 1.20 bits per heavy atom. The van der Waals surface area contributed by atoms with E-state index in [9.17, 15) is 14.9 Å². The number of carbonyl (C=O) groups excluding carboxylic acids is 1. The lowest BCUT2D eigenvalue weighted by Gasteiger charge is -2.06. The van der Waals surface area contributed by atoms with Gasteiger partial charge in [0, 0.05) is 24.4 Å². The average molecular weight is 337 g/mol. The first kappa shape index (κ1) is 16.2. The number of nitrogens with two attached hydrogens (primary N) is 1. The van der Waals surface area contributed by atoms with Gasteiger partial charge in [-0.05, 0) is 18.2 Å². The minimum Gasteiger partial charge on any atom is -0.393 e. The first-order chi connectivity index (χ1) is 12.1. The zero-order chi connectivity index (χ0) is 17.8. The SMILES string of the molecule is Nc1c(C(=O)NCc2cnn(-c3ccccc3)c2)cccc1[N+](=O)[O-]. The summed E-state index contributed by atoms with van der Waals surface area (Å²) in [6, 6.07) is 13.7. The van der Waals surface area contributed by atoms with Crippen LogP contribution in [0.15, 0.2) is 60.9 Å². The molecule has 0 radical (unpaired) electrons. The summed E-state index contributed by atoms with van der Waals surface area (Å²) in [5, 5.41) is 17.8. The number of nitro benzene ring substituents is 1. The molecule has 0 unspecified atom stereocenters. The van der Waals surface area contributed by atoms with E-state index in [0.29, 0.717) is 0 Å². The second kappa shape index (κ2) is 6.83. The lowest BCUT2D eigenvalue weighted by molar-refractivity contribution is -0.383. The molecule has 1 amide bonds. The normalized spacial score (nSPS) is 10.4. The van der Waals surface area contributed by atoms with Gasteiger partial charge in [0.25, 0.3) is 11.6 Å². The highest BCUT2D eigenvalue weighted by molar-refractivity contribution is 6.00. The molecule has 0 atom stereocenters. The van der Waals surface area contributed by atoms with Gasteiger partial charge in [0.15, 0.2) is 0 Å². The third-order valence-electron chi connectivity index (χ3n) is 3.63. The predicted molar refractivity (Wildman–Crippen MR) is 92.2 cm³/mol. The van der Waals surface area contributed by atoms with Crippen LogP contribution >= 0.6 is 0 Å². The average Bonchev–Trinajstić information content (AvgIpc) is 3.09. The fourth-order valence-electron chi connectivity index (χ4n) is 2.36. The summed E-state index contributed by atoms with van der Waals surface area (Å²) in [5.41, 5.74) is 7.05. The van der Waals surface area contributed by atoms with Crippen molar-refractivity contribution < 1.29 is 9.72 Å². The molecule has 0 saturated heterocycles. The molecule has 3 N–H and O–H groups in total. The number of carbonyl (C=O) groups is 1. The summed E-state index contributed by atoms with van der Waals surface area (Å²) in [6.07, 6.45) is 3.44. The van der Waals surface area contributed by atoms with Gasteiger partial charge in [-0.2, -0.15) is 5.10 Å². The summed E-state index contributed by atoms with van der Waals surface area (Å²) >= 11 is 0. The number of nitrogen functional groups attached to an aromatic ring is 1. The summed E-state index contributed by atoms with van der Waals surface area (Å²) in [7, 11) is 0. The number of nitrogens with one attached hydrogen (secondary N) is 1. The Morgan fingerprint density at radius 3 is 2.68 bits per heavy atom. The van der Waals surface area contributed by atoms with Gasteiger partial charge < -0.3 is 11.1 Å². The lowest BCUT2D eigenvalue weighted by Crippen LogP contribution is -2.23. The first-order valence-corrected chi connectivity index (χ1v) is 7.46. The van der Waals surface area contributed by atoms with Crippen molar-refractivity contribution in [3.63, 3.8) is 0 Å². The number of nitro groups is 1. The quantitative estimate of drug-likeness (QED) is 0.421. The van der Waals surface area contributed by atoms with Crippen LogP contribution in [0.4, 0.5) is 11.4 Å². The van der Waals surface area contributed by atoms with Crippen molar-refractivity contribution in [1.82, 2.24) is 15.1 Å². The van der Waals surface area contributed by atoms with E-state index in [1.807, 2.05) is 30.3 Å². The van der Waals surface area contributed by atoms with Crippen LogP contribution < -0.4 is 11.1 Å². The molecule has 0 aliphatic heterocycles. The van der Waals surface area contributed by atoms with E-state index in [1.54, 1.807) is 17.1 Å². The van der Waals surface area contributed by atoms with Crippen LogP contribution in [0.1, 0.15) is 15.9 Å². The number of anilines is 1. The van der Waals surface area contributed by atoms with E-state index in [0.717, 1.165) is 11.3 Å². The minimum absolute atomic E-state index is 0.0738. The second-order valence-electron chi connectivity index (χ2n) is 5.31. The zero-order valence-electron chi connectivity index (χ0n) is 13.1. The fourth-order valence-corrected chi connectivity index (χ4v) is 2.36. The molecule has 126 valence electrons. The van der Waals surface area contributed by atoms with Crippen molar-refractivity contribution in [2.45, 2.75) is 6.54 Å². The molecule has 2 aromatic carbocycles. The molecule has 1 aromatic heterocycles. The molecule has 0 saturated carbocycles. The number of rotatable bonds is 5. The number of hydrogen-bond donors (Lipinski definition) is 2. The Labute approximate surface area is 143 Å². The first-order valence-electron chi connectivity index (χ1n) is 7.46. The van der Waals surface area contributed by atoms with E-state index in [4.69, 9.17) is 5.73 Å². The van der Waals surface area contributed by atoms with Crippen molar-refractivity contribution >= 4 is 17.3 Å². The number of nitrogens with zero attached hydrogens (tertiary/aromatic N) is 3. The van der Waals surface area contributed by atoms with Gasteiger partial charge in [-0.3, -0.25) is 14.9 Å². The van der Waals surface area contributed by atoms with E-state index in [1.165, 1.54) is 18.2 Å². The van der Waals surface area contributed by atoms with Crippen LogP contribution in [0, 0.1) is 10.1 Å². The molecule has 0 bridgehead atoms.